The van der Waals surface area contributed by atoms with E-state index >= 15 is 0 Å². The Bertz CT molecular complexity index is 884. The van der Waals surface area contributed by atoms with Crippen LogP contribution in [-0.4, -0.2) is 26.5 Å². The molecular formula is C18H20N6. The standard InChI is InChI=1S/C18H20N6/c1-12(2)7-8-19-18-20-10-15-16(24-18)17(22-11-21-15)23-14-6-4-5-13(3)9-14/h4-7,9-11H,8H2,1-3H3,(H,19,20,24)(H,21,22,23). The normalized spacial score (nSPS) is 10.5. The van der Waals surface area contributed by atoms with E-state index < -0.39 is 0 Å². The summed E-state index contributed by atoms with van der Waals surface area (Å²) in [6.07, 6.45) is 5.30. The average Bonchev–Trinajstić information content (AvgIpc) is 2.55. The Morgan fingerprint density at radius 1 is 1.17 bits per heavy atom. The number of hydrogen-bond donors (Lipinski definition) is 2. The molecule has 0 aliphatic rings. The fourth-order valence-electron chi connectivity index (χ4n) is 2.24. The first-order valence-corrected chi connectivity index (χ1v) is 7.80. The fourth-order valence-corrected chi connectivity index (χ4v) is 2.24. The summed E-state index contributed by atoms with van der Waals surface area (Å²) in [7, 11) is 0. The van der Waals surface area contributed by atoms with Gasteiger partial charge in [-0.15, -0.1) is 0 Å². The summed E-state index contributed by atoms with van der Waals surface area (Å²) in [6, 6.07) is 8.11. The summed E-state index contributed by atoms with van der Waals surface area (Å²) in [5, 5.41) is 6.49. The molecule has 0 spiro atoms. The van der Waals surface area contributed by atoms with Gasteiger partial charge < -0.3 is 10.6 Å². The highest BCUT2D eigenvalue weighted by atomic mass is 15.1. The first kappa shape index (κ1) is 15.9. The largest absolute Gasteiger partial charge is 0.351 e. The van der Waals surface area contributed by atoms with Gasteiger partial charge in [0.2, 0.25) is 5.95 Å². The molecule has 122 valence electrons. The van der Waals surface area contributed by atoms with E-state index in [0.29, 0.717) is 29.3 Å². The van der Waals surface area contributed by atoms with Crippen molar-refractivity contribution in [3.63, 3.8) is 0 Å². The summed E-state index contributed by atoms with van der Waals surface area (Å²) in [5.74, 6) is 1.22. The SMILES string of the molecule is CC(C)=CCNc1ncc2ncnc(Nc3cccc(C)c3)c2n1. The summed E-state index contributed by atoms with van der Waals surface area (Å²) in [6.45, 7) is 6.85. The molecule has 0 aliphatic heterocycles. The molecule has 2 aromatic heterocycles. The van der Waals surface area contributed by atoms with Crippen LogP contribution < -0.4 is 10.6 Å². The molecule has 0 bridgehead atoms. The van der Waals surface area contributed by atoms with Gasteiger partial charge in [0, 0.05) is 12.2 Å². The minimum Gasteiger partial charge on any atom is -0.351 e. The number of fused-ring (bicyclic) bond motifs is 1. The van der Waals surface area contributed by atoms with Gasteiger partial charge in [0.15, 0.2) is 5.82 Å². The molecular weight excluding hydrogens is 300 g/mol. The van der Waals surface area contributed by atoms with E-state index in [4.69, 9.17) is 0 Å². The number of benzene rings is 1. The number of allylic oxidation sites excluding steroid dienone is 1. The number of nitrogens with one attached hydrogen (secondary N) is 2. The summed E-state index contributed by atoms with van der Waals surface area (Å²) in [5.41, 5.74) is 4.78. The Kier molecular flexibility index (Phi) is 4.65. The number of nitrogens with zero attached hydrogens (tertiary/aromatic N) is 4. The van der Waals surface area contributed by atoms with Gasteiger partial charge in [0.25, 0.3) is 0 Å². The Morgan fingerprint density at radius 2 is 2.04 bits per heavy atom. The maximum atomic E-state index is 4.55. The molecule has 6 heteroatoms. The van der Waals surface area contributed by atoms with Gasteiger partial charge in [-0.1, -0.05) is 23.8 Å². The second kappa shape index (κ2) is 7.04. The molecule has 0 saturated heterocycles. The Labute approximate surface area is 141 Å². The van der Waals surface area contributed by atoms with Gasteiger partial charge in [-0.05, 0) is 38.5 Å². The number of hydrogen-bond acceptors (Lipinski definition) is 6. The third kappa shape index (κ3) is 3.84. The molecule has 1 aromatic carbocycles. The summed E-state index contributed by atoms with van der Waals surface area (Å²) < 4.78 is 0. The molecule has 3 rings (SSSR count). The average molecular weight is 320 g/mol. The predicted octanol–water partition coefficient (Wildman–Crippen LogP) is 3.85. The van der Waals surface area contributed by atoms with Crippen molar-refractivity contribution < 1.29 is 0 Å². The van der Waals surface area contributed by atoms with Crippen LogP contribution in [0.15, 0.2) is 48.4 Å². The van der Waals surface area contributed by atoms with Gasteiger partial charge in [-0.25, -0.2) is 19.9 Å². The minimum absolute atomic E-state index is 0.557. The molecule has 0 atom stereocenters. The quantitative estimate of drug-likeness (QED) is 0.695. The molecule has 2 N–H and O–H groups in total. The van der Waals surface area contributed by atoms with E-state index in [9.17, 15) is 0 Å². The lowest BCUT2D eigenvalue weighted by molar-refractivity contribution is 1.11. The summed E-state index contributed by atoms with van der Waals surface area (Å²) in [4.78, 5) is 17.4. The second-order valence-electron chi connectivity index (χ2n) is 5.81. The third-order valence-electron chi connectivity index (χ3n) is 3.43. The van der Waals surface area contributed by atoms with Crippen molar-refractivity contribution in [3.8, 4) is 0 Å². The third-order valence-corrected chi connectivity index (χ3v) is 3.43. The van der Waals surface area contributed by atoms with Crippen LogP contribution in [-0.2, 0) is 0 Å². The van der Waals surface area contributed by atoms with Gasteiger partial charge in [-0.3, -0.25) is 0 Å². The Morgan fingerprint density at radius 3 is 2.83 bits per heavy atom. The van der Waals surface area contributed by atoms with E-state index in [2.05, 4.69) is 69.5 Å². The lowest BCUT2D eigenvalue weighted by atomic mass is 10.2. The highest BCUT2D eigenvalue weighted by Crippen LogP contribution is 2.22. The molecule has 0 saturated carbocycles. The van der Waals surface area contributed by atoms with Crippen LogP contribution in [0.25, 0.3) is 11.0 Å². The number of aryl methyl sites for hydroxylation is 1. The van der Waals surface area contributed by atoms with Gasteiger partial charge in [-0.2, -0.15) is 0 Å². The van der Waals surface area contributed by atoms with Crippen molar-refractivity contribution >= 4 is 28.5 Å². The highest BCUT2D eigenvalue weighted by Gasteiger charge is 2.08. The van der Waals surface area contributed by atoms with E-state index in [-0.39, 0.29) is 0 Å². The van der Waals surface area contributed by atoms with Crippen molar-refractivity contribution in [3.05, 3.63) is 54.0 Å². The second-order valence-corrected chi connectivity index (χ2v) is 5.81. The predicted molar refractivity (Wildman–Crippen MR) is 97.5 cm³/mol. The monoisotopic (exact) mass is 320 g/mol. The molecule has 0 radical (unpaired) electrons. The first-order valence-electron chi connectivity index (χ1n) is 7.80. The zero-order chi connectivity index (χ0) is 16.9. The molecule has 3 aromatic rings. The van der Waals surface area contributed by atoms with E-state index in [1.807, 2.05) is 12.1 Å². The summed E-state index contributed by atoms with van der Waals surface area (Å²) >= 11 is 0. The van der Waals surface area contributed by atoms with Gasteiger partial charge in [0.1, 0.15) is 17.4 Å². The van der Waals surface area contributed by atoms with Crippen LogP contribution in [0.2, 0.25) is 0 Å². The van der Waals surface area contributed by atoms with E-state index in [0.717, 1.165) is 5.69 Å². The first-order chi connectivity index (χ1) is 11.6. The van der Waals surface area contributed by atoms with Crippen LogP contribution in [0.4, 0.5) is 17.5 Å². The van der Waals surface area contributed by atoms with Gasteiger partial charge >= 0.3 is 0 Å². The maximum Gasteiger partial charge on any atom is 0.223 e. The highest BCUT2D eigenvalue weighted by molar-refractivity contribution is 5.87. The lowest BCUT2D eigenvalue weighted by Gasteiger charge is -2.09. The Balaban J connectivity index is 1.91. The van der Waals surface area contributed by atoms with E-state index in [1.165, 1.54) is 17.5 Å². The molecule has 2 heterocycles. The van der Waals surface area contributed by atoms with E-state index in [1.54, 1.807) is 6.20 Å². The maximum absolute atomic E-state index is 4.55. The zero-order valence-electron chi connectivity index (χ0n) is 14.0. The number of anilines is 3. The number of rotatable bonds is 5. The topological polar surface area (TPSA) is 75.6 Å². The molecule has 0 aliphatic carbocycles. The Hall–Kier alpha value is -3.02. The zero-order valence-corrected chi connectivity index (χ0v) is 14.0. The van der Waals surface area contributed by atoms with Crippen LogP contribution in [0.3, 0.4) is 0 Å². The number of aromatic nitrogens is 4. The molecule has 0 amide bonds. The van der Waals surface area contributed by atoms with Crippen molar-refractivity contribution in [2.24, 2.45) is 0 Å². The molecule has 0 fully saturated rings. The van der Waals surface area contributed by atoms with Crippen LogP contribution in [0.1, 0.15) is 19.4 Å². The fraction of sp³-hybridized carbons (Fsp3) is 0.222. The van der Waals surface area contributed by atoms with Crippen LogP contribution in [0.5, 0.6) is 0 Å². The minimum atomic E-state index is 0.557. The van der Waals surface area contributed by atoms with Crippen molar-refractivity contribution in [1.29, 1.82) is 0 Å². The molecule has 0 unspecified atom stereocenters. The smallest absolute Gasteiger partial charge is 0.223 e. The van der Waals surface area contributed by atoms with Crippen LogP contribution in [0, 0.1) is 6.92 Å². The van der Waals surface area contributed by atoms with Gasteiger partial charge in [0.05, 0.1) is 6.20 Å². The molecule has 24 heavy (non-hydrogen) atoms. The van der Waals surface area contributed by atoms with Crippen molar-refractivity contribution in [2.45, 2.75) is 20.8 Å². The van der Waals surface area contributed by atoms with Crippen molar-refractivity contribution in [2.75, 3.05) is 17.2 Å². The lowest BCUT2D eigenvalue weighted by Crippen LogP contribution is -2.05. The van der Waals surface area contributed by atoms with Crippen molar-refractivity contribution in [1.82, 2.24) is 19.9 Å². The molecule has 6 nitrogen and oxygen atoms in total. The van der Waals surface area contributed by atoms with Crippen LogP contribution >= 0.6 is 0 Å².